The number of esters is 1. The van der Waals surface area contributed by atoms with Crippen molar-refractivity contribution in [3.63, 3.8) is 0 Å². The Labute approximate surface area is 155 Å². The summed E-state index contributed by atoms with van der Waals surface area (Å²) in [5.41, 5.74) is 0.166. The van der Waals surface area contributed by atoms with E-state index in [9.17, 15) is 18.4 Å². The van der Waals surface area contributed by atoms with Crippen molar-refractivity contribution in [1.29, 1.82) is 0 Å². The Balaban J connectivity index is 1.95. The summed E-state index contributed by atoms with van der Waals surface area (Å²) >= 11 is 0. The van der Waals surface area contributed by atoms with Gasteiger partial charge in [-0.25, -0.2) is 8.78 Å². The highest BCUT2D eigenvalue weighted by atomic mass is 19.1. The Bertz CT molecular complexity index is 841. The van der Waals surface area contributed by atoms with E-state index in [1.54, 1.807) is 6.07 Å². The molecule has 8 heteroatoms. The zero-order chi connectivity index (χ0) is 20.0. The summed E-state index contributed by atoms with van der Waals surface area (Å²) in [6, 6.07) is 7.40. The van der Waals surface area contributed by atoms with Gasteiger partial charge in [-0.3, -0.25) is 9.59 Å². The lowest BCUT2D eigenvalue weighted by Gasteiger charge is -2.15. The molecule has 0 spiro atoms. The van der Waals surface area contributed by atoms with E-state index in [0.29, 0.717) is 11.5 Å². The Morgan fingerprint density at radius 3 is 2.41 bits per heavy atom. The van der Waals surface area contributed by atoms with Gasteiger partial charge in [0.1, 0.15) is 24.3 Å². The van der Waals surface area contributed by atoms with E-state index in [4.69, 9.17) is 14.2 Å². The highest BCUT2D eigenvalue weighted by Gasteiger charge is 2.18. The first-order valence-electron chi connectivity index (χ1n) is 8.00. The van der Waals surface area contributed by atoms with Crippen molar-refractivity contribution in [3.05, 3.63) is 59.2 Å². The van der Waals surface area contributed by atoms with Gasteiger partial charge in [0.2, 0.25) is 0 Å². The molecule has 1 amide bonds. The summed E-state index contributed by atoms with van der Waals surface area (Å²) in [7, 11) is 2.90. The zero-order valence-electron chi connectivity index (χ0n) is 15.0. The molecular formula is C19H19F2NO5. The normalized spacial score (nSPS) is 11.4. The summed E-state index contributed by atoms with van der Waals surface area (Å²) in [5, 5.41) is 2.39. The van der Waals surface area contributed by atoms with Crippen LogP contribution in [0, 0.1) is 11.6 Å². The SMILES string of the molecule is COc1ccc(C(=O)NCC(=O)OC(C)c2cc(F)ccc2F)cc1OC. The van der Waals surface area contributed by atoms with Crippen LogP contribution in [0.1, 0.15) is 28.9 Å². The molecule has 0 aliphatic heterocycles. The lowest BCUT2D eigenvalue weighted by molar-refractivity contribution is -0.147. The molecule has 0 aliphatic carbocycles. The zero-order valence-corrected chi connectivity index (χ0v) is 15.0. The predicted octanol–water partition coefficient (Wildman–Crippen LogP) is 3.02. The van der Waals surface area contributed by atoms with E-state index in [1.807, 2.05) is 0 Å². The van der Waals surface area contributed by atoms with Crippen molar-refractivity contribution in [3.8, 4) is 11.5 Å². The summed E-state index contributed by atoms with van der Waals surface area (Å²) < 4.78 is 42.1. The first-order valence-corrected chi connectivity index (χ1v) is 8.00. The third kappa shape index (κ3) is 5.16. The van der Waals surface area contributed by atoms with Crippen LogP contribution in [0.5, 0.6) is 11.5 Å². The van der Waals surface area contributed by atoms with E-state index in [2.05, 4.69) is 5.32 Å². The number of hydrogen-bond acceptors (Lipinski definition) is 5. The molecular weight excluding hydrogens is 360 g/mol. The molecule has 1 N–H and O–H groups in total. The molecule has 0 saturated carbocycles. The summed E-state index contributed by atoms with van der Waals surface area (Å²) in [6.07, 6.45) is -1.01. The van der Waals surface area contributed by atoms with Gasteiger partial charge in [0.05, 0.1) is 14.2 Å². The molecule has 0 radical (unpaired) electrons. The van der Waals surface area contributed by atoms with Crippen LogP contribution in [0.2, 0.25) is 0 Å². The van der Waals surface area contributed by atoms with Crippen molar-refractivity contribution in [2.75, 3.05) is 20.8 Å². The van der Waals surface area contributed by atoms with Gasteiger partial charge in [-0.05, 0) is 43.3 Å². The Hall–Kier alpha value is -3.16. The molecule has 2 aromatic rings. The molecule has 0 aliphatic rings. The fraction of sp³-hybridized carbons (Fsp3) is 0.263. The number of benzene rings is 2. The number of halogens is 2. The van der Waals surface area contributed by atoms with Gasteiger partial charge >= 0.3 is 5.97 Å². The quantitative estimate of drug-likeness (QED) is 0.749. The highest BCUT2D eigenvalue weighted by molar-refractivity contribution is 5.96. The van der Waals surface area contributed by atoms with Crippen LogP contribution in [0.25, 0.3) is 0 Å². The Morgan fingerprint density at radius 1 is 1.04 bits per heavy atom. The molecule has 6 nitrogen and oxygen atoms in total. The minimum absolute atomic E-state index is 0.0884. The van der Waals surface area contributed by atoms with Gasteiger partial charge in [0.25, 0.3) is 5.91 Å². The van der Waals surface area contributed by atoms with Crippen molar-refractivity contribution in [1.82, 2.24) is 5.32 Å². The molecule has 2 rings (SSSR count). The second kappa shape index (κ2) is 8.98. The number of carbonyl (C=O) groups is 2. The molecule has 0 fully saturated rings. The number of hydrogen-bond donors (Lipinski definition) is 1. The van der Waals surface area contributed by atoms with E-state index < -0.39 is 36.2 Å². The fourth-order valence-electron chi connectivity index (χ4n) is 2.36. The molecule has 0 aromatic heterocycles. The number of carbonyl (C=O) groups excluding carboxylic acids is 2. The minimum Gasteiger partial charge on any atom is -0.493 e. The van der Waals surface area contributed by atoms with Gasteiger partial charge in [-0.15, -0.1) is 0 Å². The Morgan fingerprint density at radius 2 is 1.74 bits per heavy atom. The van der Waals surface area contributed by atoms with Crippen LogP contribution >= 0.6 is 0 Å². The third-order valence-electron chi connectivity index (χ3n) is 3.74. The maximum absolute atomic E-state index is 13.7. The lowest BCUT2D eigenvalue weighted by atomic mass is 10.1. The average molecular weight is 379 g/mol. The van der Waals surface area contributed by atoms with Gasteiger partial charge in [-0.2, -0.15) is 0 Å². The molecule has 0 saturated heterocycles. The molecule has 1 unspecified atom stereocenters. The van der Waals surface area contributed by atoms with Crippen LogP contribution in [-0.2, 0) is 9.53 Å². The van der Waals surface area contributed by atoms with E-state index in [-0.39, 0.29) is 11.1 Å². The van der Waals surface area contributed by atoms with Crippen molar-refractivity contribution in [2.45, 2.75) is 13.0 Å². The van der Waals surface area contributed by atoms with Gasteiger partial charge in [0, 0.05) is 11.1 Å². The van der Waals surface area contributed by atoms with E-state index in [0.717, 1.165) is 18.2 Å². The highest BCUT2D eigenvalue weighted by Crippen LogP contribution is 2.27. The smallest absolute Gasteiger partial charge is 0.326 e. The van der Waals surface area contributed by atoms with Crippen LogP contribution < -0.4 is 14.8 Å². The van der Waals surface area contributed by atoms with Gasteiger partial charge < -0.3 is 19.5 Å². The third-order valence-corrected chi connectivity index (χ3v) is 3.74. The number of rotatable bonds is 7. The van der Waals surface area contributed by atoms with Crippen molar-refractivity contribution in [2.24, 2.45) is 0 Å². The maximum Gasteiger partial charge on any atom is 0.326 e. The Kier molecular flexibility index (Phi) is 6.70. The molecule has 2 aromatic carbocycles. The molecule has 27 heavy (non-hydrogen) atoms. The molecule has 0 heterocycles. The lowest BCUT2D eigenvalue weighted by Crippen LogP contribution is -2.31. The van der Waals surface area contributed by atoms with Crippen molar-refractivity contribution >= 4 is 11.9 Å². The number of nitrogens with one attached hydrogen (secondary N) is 1. The largest absolute Gasteiger partial charge is 0.493 e. The van der Waals surface area contributed by atoms with Gasteiger partial charge in [0.15, 0.2) is 11.5 Å². The standard InChI is InChI=1S/C19H19F2NO5/c1-11(14-9-13(20)5-6-15(14)21)27-18(23)10-22-19(24)12-4-7-16(25-2)17(8-12)26-3/h4-9,11H,10H2,1-3H3,(H,22,24). The number of ether oxygens (including phenoxy) is 3. The summed E-state index contributed by atoms with van der Waals surface area (Å²) in [6.45, 7) is 0.973. The summed E-state index contributed by atoms with van der Waals surface area (Å²) in [4.78, 5) is 24.0. The first kappa shape index (κ1) is 20.2. The molecule has 144 valence electrons. The van der Waals surface area contributed by atoms with Crippen LogP contribution in [0.15, 0.2) is 36.4 Å². The minimum atomic E-state index is -1.01. The maximum atomic E-state index is 13.7. The predicted molar refractivity (Wildman–Crippen MR) is 92.7 cm³/mol. The molecule has 1 atom stereocenters. The number of amides is 1. The van der Waals surface area contributed by atoms with Crippen molar-refractivity contribution < 1.29 is 32.6 Å². The average Bonchev–Trinajstić information content (AvgIpc) is 2.67. The monoisotopic (exact) mass is 379 g/mol. The summed E-state index contributed by atoms with van der Waals surface area (Å²) in [5.74, 6) is -1.83. The van der Waals surface area contributed by atoms with E-state index in [1.165, 1.54) is 33.3 Å². The fourth-order valence-corrected chi connectivity index (χ4v) is 2.36. The van der Waals surface area contributed by atoms with Crippen LogP contribution in [0.3, 0.4) is 0 Å². The van der Waals surface area contributed by atoms with E-state index >= 15 is 0 Å². The first-order chi connectivity index (χ1) is 12.8. The van der Waals surface area contributed by atoms with Crippen LogP contribution in [-0.4, -0.2) is 32.6 Å². The van der Waals surface area contributed by atoms with Crippen LogP contribution in [0.4, 0.5) is 8.78 Å². The van der Waals surface area contributed by atoms with Gasteiger partial charge in [-0.1, -0.05) is 0 Å². The second-order valence-electron chi connectivity index (χ2n) is 5.55. The molecule has 0 bridgehead atoms. The number of methoxy groups -OCH3 is 2. The topological polar surface area (TPSA) is 73.9 Å². The second-order valence-corrected chi connectivity index (χ2v) is 5.55.